The van der Waals surface area contributed by atoms with Gasteiger partial charge in [-0.15, -0.1) is 0 Å². The lowest BCUT2D eigenvalue weighted by Gasteiger charge is -1.78. The minimum Gasteiger partial charge on any atom is -0.286 e. The van der Waals surface area contributed by atoms with Crippen molar-refractivity contribution in [3.05, 3.63) is 10.1 Å². The quantitative estimate of drug-likeness (QED) is 0.141. The molecule has 0 saturated heterocycles. The molecular formula is CH5N4O2+. The number of hydrazine groups is 1. The van der Waals surface area contributed by atoms with E-state index in [9.17, 15) is 10.1 Å². The number of nitrogens with one attached hydrogen (secondary N) is 1. The van der Waals surface area contributed by atoms with Gasteiger partial charge in [-0.3, -0.25) is 11.1 Å². The van der Waals surface area contributed by atoms with E-state index in [2.05, 4.69) is 11.1 Å². The Morgan fingerprint density at radius 2 is 2.43 bits per heavy atom. The molecule has 0 saturated carbocycles. The second-order valence-electron chi connectivity index (χ2n) is 0.824. The molecule has 0 amide bonds. The summed E-state index contributed by atoms with van der Waals surface area (Å²) >= 11 is 0. The van der Waals surface area contributed by atoms with E-state index in [0.717, 1.165) is 0 Å². The molecule has 0 aliphatic heterocycles. The highest BCUT2D eigenvalue weighted by molar-refractivity contribution is 5.69. The average molecular weight is 105 g/mol. The monoisotopic (exact) mass is 105 g/mol. The lowest BCUT2D eigenvalue weighted by Crippen LogP contribution is -2.56. The van der Waals surface area contributed by atoms with E-state index in [1.54, 1.807) is 0 Å². The standard InChI is InChI=1S/CH4N4O2/c2-1(3)4-5(6)7/h(H4,2,3,4)/p+1. The molecule has 0 aliphatic carbocycles. The molecule has 0 radical (unpaired) electrons. The normalized spacial score (nSPS) is 7.43. The third-order valence-corrected chi connectivity index (χ3v) is 0.220. The zero-order chi connectivity index (χ0) is 5.86. The van der Waals surface area contributed by atoms with Crippen LogP contribution in [0.2, 0.25) is 0 Å². The Morgan fingerprint density at radius 3 is 2.43 bits per heavy atom. The van der Waals surface area contributed by atoms with Crippen LogP contribution >= 0.6 is 0 Å². The molecule has 7 heavy (non-hydrogen) atoms. The first kappa shape index (κ1) is 5.67. The molecule has 0 spiro atoms. The minimum atomic E-state index is -0.838. The highest BCUT2D eigenvalue weighted by atomic mass is 16.7. The Hall–Kier alpha value is -1.33. The molecule has 0 bridgehead atoms. The van der Waals surface area contributed by atoms with E-state index in [1.807, 2.05) is 0 Å². The van der Waals surface area contributed by atoms with Crippen molar-refractivity contribution >= 4 is 5.96 Å². The summed E-state index contributed by atoms with van der Waals surface area (Å²) in [5.41, 5.74) is 6.14. The lowest BCUT2D eigenvalue weighted by atomic mass is 11.1. The van der Waals surface area contributed by atoms with Gasteiger partial charge in [0, 0.05) is 5.43 Å². The minimum absolute atomic E-state index is 0.412. The first-order valence-corrected chi connectivity index (χ1v) is 1.42. The van der Waals surface area contributed by atoms with E-state index in [0.29, 0.717) is 0 Å². The van der Waals surface area contributed by atoms with Crippen molar-refractivity contribution in [3.8, 4) is 0 Å². The average Bonchev–Trinajstić information content (AvgIpc) is 1.27. The fourth-order valence-corrected chi connectivity index (χ4v) is 0.105. The molecule has 6 heteroatoms. The largest absolute Gasteiger partial charge is 0.401 e. The van der Waals surface area contributed by atoms with Crippen LogP contribution in [0, 0.1) is 10.1 Å². The van der Waals surface area contributed by atoms with Crippen LogP contribution in [-0.4, -0.2) is 11.0 Å². The van der Waals surface area contributed by atoms with Crippen molar-refractivity contribution in [1.82, 2.24) is 5.43 Å². The molecule has 40 valence electrons. The first-order valence-electron chi connectivity index (χ1n) is 1.42. The van der Waals surface area contributed by atoms with Gasteiger partial charge in [-0.2, -0.15) is 0 Å². The summed E-state index contributed by atoms with van der Waals surface area (Å²) in [6, 6.07) is 0. The van der Waals surface area contributed by atoms with Gasteiger partial charge in [-0.1, -0.05) is 0 Å². The maximum absolute atomic E-state index is 9.32. The van der Waals surface area contributed by atoms with Crippen molar-refractivity contribution in [1.29, 1.82) is 0 Å². The predicted molar refractivity (Wildman–Crippen MR) is 21.2 cm³/mol. The van der Waals surface area contributed by atoms with Crippen LogP contribution in [0.3, 0.4) is 0 Å². The van der Waals surface area contributed by atoms with Gasteiger partial charge in [0.25, 0.3) is 0 Å². The SMILES string of the molecule is NC(=[NH2+])N[N+](=O)[O-]. The van der Waals surface area contributed by atoms with Crippen LogP contribution < -0.4 is 16.6 Å². The number of guanidine groups is 1. The molecule has 0 aliphatic rings. The van der Waals surface area contributed by atoms with E-state index >= 15 is 0 Å². The number of nitrogens with zero attached hydrogens (tertiary/aromatic N) is 1. The van der Waals surface area contributed by atoms with Crippen molar-refractivity contribution in [3.63, 3.8) is 0 Å². The predicted octanol–water partition coefficient (Wildman–Crippen LogP) is -3.16. The molecule has 0 aromatic carbocycles. The molecular weight excluding hydrogens is 100 g/mol. The number of nitrogens with two attached hydrogens (primary N) is 2. The van der Waals surface area contributed by atoms with Crippen LogP contribution in [-0.2, 0) is 0 Å². The molecule has 0 aromatic rings. The topological polar surface area (TPSA) is 107 Å². The van der Waals surface area contributed by atoms with Crippen molar-refractivity contribution in [2.45, 2.75) is 0 Å². The molecule has 5 N–H and O–H groups in total. The van der Waals surface area contributed by atoms with E-state index in [-0.39, 0.29) is 0 Å². The second-order valence-corrected chi connectivity index (χ2v) is 0.824. The summed E-state index contributed by atoms with van der Waals surface area (Å²) < 4.78 is 0. The molecule has 0 atom stereocenters. The van der Waals surface area contributed by atoms with E-state index in [4.69, 9.17) is 0 Å². The molecule has 0 unspecified atom stereocenters. The number of rotatable bonds is 1. The second kappa shape index (κ2) is 1.96. The Morgan fingerprint density at radius 1 is 2.00 bits per heavy atom. The molecule has 0 rings (SSSR count). The van der Waals surface area contributed by atoms with Gasteiger partial charge in [0.1, 0.15) is 0 Å². The number of nitro groups is 1. The third kappa shape index (κ3) is 4.67. The van der Waals surface area contributed by atoms with Gasteiger partial charge >= 0.3 is 5.96 Å². The summed E-state index contributed by atoms with van der Waals surface area (Å²) in [5, 5.41) is 13.1. The zero-order valence-electron chi connectivity index (χ0n) is 3.42. The highest BCUT2D eigenvalue weighted by Gasteiger charge is 2.00. The summed E-state index contributed by atoms with van der Waals surface area (Å²) in [6.07, 6.45) is 0. The van der Waals surface area contributed by atoms with Gasteiger partial charge in [-0.05, 0) is 0 Å². The Balaban J connectivity index is 3.32. The smallest absolute Gasteiger partial charge is 0.286 e. The van der Waals surface area contributed by atoms with Gasteiger partial charge < -0.3 is 0 Å². The Labute approximate surface area is 38.9 Å². The molecule has 0 heterocycles. The van der Waals surface area contributed by atoms with Crippen LogP contribution in [0.4, 0.5) is 0 Å². The van der Waals surface area contributed by atoms with Crippen LogP contribution in [0.1, 0.15) is 0 Å². The lowest BCUT2D eigenvalue weighted by molar-refractivity contribution is -0.530. The van der Waals surface area contributed by atoms with E-state index in [1.165, 1.54) is 5.43 Å². The molecule has 0 aromatic heterocycles. The Kier molecular flexibility index (Phi) is 1.58. The number of hydrogen-bond donors (Lipinski definition) is 3. The third-order valence-electron chi connectivity index (χ3n) is 0.220. The summed E-state index contributed by atoms with van der Waals surface area (Å²) in [7, 11) is 0. The fraction of sp³-hybridized carbons (Fsp3) is 0. The van der Waals surface area contributed by atoms with Crippen molar-refractivity contribution < 1.29 is 10.4 Å². The fourth-order valence-electron chi connectivity index (χ4n) is 0.105. The van der Waals surface area contributed by atoms with Gasteiger partial charge in [0.15, 0.2) is 0 Å². The Bertz CT molecular complexity index is 85.9. The van der Waals surface area contributed by atoms with Gasteiger partial charge in [-0.25, -0.2) is 10.1 Å². The van der Waals surface area contributed by atoms with Crippen LogP contribution in [0.15, 0.2) is 0 Å². The number of hydrogen-bond acceptors (Lipinski definition) is 2. The zero-order valence-corrected chi connectivity index (χ0v) is 3.42. The summed E-state index contributed by atoms with van der Waals surface area (Å²) in [4.78, 5) is 9.32. The molecule has 0 fully saturated rings. The van der Waals surface area contributed by atoms with Crippen LogP contribution in [0.25, 0.3) is 0 Å². The maximum atomic E-state index is 9.32. The first-order chi connectivity index (χ1) is 3.13. The highest BCUT2D eigenvalue weighted by Crippen LogP contribution is 1.46. The molecule has 6 nitrogen and oxygen atoms in total. The van der Waals surface area contributed by atoms with Gasteiger partial charge in [0.05, 0.1) is 0 Å². The summed E-state index contributed by atoms with van der Waals surface area (Å²) in [6.45, 7) is 0. The maximum Gasteiger partial charge on any atom is 0.401 e. The van der Waals surface area contributed by atoms with E-state index < -0.39 is 11.0 Å². The summed E-state index contributed by atoms with van der Waals surface area (Å²) in [5.74, 6) is -0.412. The van der Waals surface area contributed by atoms with Gasteiger partial charge in [0.2, 0.25) is 5.03 Å². The van der Waals surface area contributed by atoms with Crippen molar-refractivity contribution in [2.24, 2.45) is 5.73 Å². The van der Waals surface area contributed by atoms with Crippen LogP contribution in [0.5, 0.6) is 0 Å². The van der Waals surface area contributed by atoms with Crippen molar-refractivity contribution in [2.75, 3.05) is 0 Å².